The van der Waals surface area contributed by atoms with E-state index in [1.807, 2.05) is 0 Å². The Morgan fingerprint density at radius 2 is 1.26 bits per heavy atom. The second kappa shape index (κ2) is 6.07. The van der Waals surface area contributed by atoms with E-state index in [1.54, 1.807) is 0 Å². The summed E-state index contributed by atoms with van der Waals surface area (Å²) in [5, 5.41) is 0. The fraction of sp³-hybridized carbons (Fsp3) is 0.722. The van der Waals surface area contributed by atoms with Gasteiger partial charge in [0.05, 0.1) is 0 Å². The molecule has 0 spiro atoms. The van der Waals surface area contributed by atoms with Crippen molar-refractivity contribution in [1.29, 1.82) is 0 Å². The second-order valence-corrected chi connectivity index (χ2v) is 6.49. The first-order valence-electron chi connectivity index (χ1n) is 8.28. The monoisotopic (exact) mass is 258 g/mol. The predicted molar refractivity (Wildman–Crippen MR) is 78.9 cm³/mol. The molecule has 0 unspecified atom stereocenters. The van der Waals surface area contributed by atoms with Gasteiger partial charge in [0.15, 0.2) is 0 Å². The minimum absolute atomic E-state index is 0.280. The third-order valence-electron chi connectivity index (χ3n) is 5.22. The molecule has 2 atom stereocenters. The van der Waals surface area contributed by atoms with Crippen molar-refractivity contribution in [3.63, 3.8) is 0 Å². The Morgan fingerprint density at radius 1 is 0.737 bits per heavy atom. The molecule has 0 saturated heterocycles. The van der Waals surface area contributed by atoms with Gasteiger partial charge in [0, 0.05) is 11.8 Å². The zero-order chi connectivity index (χ0) is 13.1. The molecule has 1 heteroatoms. The smallest absolute Gasteiger partial charge is 0.147 e. The summed E-state index contributed by atoms with van der Waals surface area (Å²) >= 11 is 0. The number of hydrogen-bond donors (Lipinski definition) is 0. The van der Waals surface area contributed by atoms with Gasteiger partial charge in [-0.1, -0.05) is 29.7 Å². The lowest BCUT2D eigenvalue weighted by Gasteiger charge is -2.33. The molecule has 19 heavy (non-hydrogen) atoms. The highest BCUT2D eigenvalue weighted by Crippen LogP contribution is 2.39. The predicted octanol–water partition coefficient (Wildman–Crippen LogP) is 4.97. The van der Waals surface area contributed by atoms with E-state index in [0.29, 0.717) is 5.78 Å². The van der Waals surface area contributed by atoms with Gasteiger partial charge in [0.2, 0.25) is 0 Å². The lowest BCUT2D eigenvalue weighted by molar-refractivity contribution is -0.126. The van der Waals surface area contributed by atoms with E-state index in [4.69, 9.17) is 0 Å². The molecule has 0 aromatic rings. The summed E-state index contributed by atoms with van der Waals surface area (Å²) < 4.78 is 0. The first kappa shape index (κ1) is 13.1. The summed E-state index contributed by atoms with van der Waals surface area (Å²) in [5.41, 5.74) is 2.97. The maximum atomic E-state index is 12.8. The van der Waals surface area contributed by atoms with Crippen LogP contribution in [-0.2, 0) is 4.79 Å². The first-order chi connectivity index (χ1) is 9.36. The first-order valence-corrected chi connectivity index (χ1v) is 8.28. The summed E-state index contributed by atoms with van der Waals surface area (Å²) in [6.45, 7) is 0. The minimum atomic E-state index is 0.280. The molecule has 0 N–H and O–H groups in total. The molecule has 104 valence electrons. The van der Waals surface area contributed by atoms with Crippen LogP contribution in [0.1, 0.15) is 70.6 Å². The van der Waals surface area contributed by atoms with E-state index < -0.39 is 0 Å². The van der Waals surface area contributed by atoms with E-state index in [9.17, 15) is 4.79 Å². The number of ketones is 1. The summed E-state index contributed by atoms with van der Waals surface area (Å²) in [4.78, 5) is 12.8. The van der Waals surface area contributed by atoms with E-state index in [2.05, 4.69) is 12.2 Å². The average molecular weight is 258 g/mol. The molecular formula is C18H26O. The van der Waals surface area contributed by atoms with E-state index in [0.717, 1.165) is 12.8 Å². The SMILES string of the molecule is O=C1[C@H](C2=CCCCC2)CCC[C@@H]1C1=CCCCC1. The van der Waals surface area contributed by atoms with Crippen LogP contribution in [0, 0.1) is 11.8 Å². The van der Waals surface area contributed by atoms with Gasteiger partial charge in [-0.05, 0) is 64.2 Å². The lowest BCUT2D eigenvalue weighted by Crippen LogP contribution is -2.31. The molecule has 0 radical (unpaired) electrons. The lowest BCUT2D eigenvalue weighted by atomic mass is 9.70. The van der Waals surface area contributed by atoms with Crippen molar-refractivity contribution in [2.75, 3.05) is 0 Å². The van der Waals surface area contributed by atoms with Gasteiger partial charge in [-0.25, -0.2) is 0 Å². The zero-order valence-electron chi connectivity index (χ0n) is 12.0. The maximum absolute atomic E-state index is 12.8. The van der Waals surface area contributed by atoms with E-state index >= 15 is 0 Å². The van der Waals surface area contributed by atoms with Crippen LogP contribution in [0.3, 0.4) is 0 Å². The molecule has 1 saturated carbocycles. The number of carbonyl (C=O) groups excluding carboxylic acids is 1. The highest BCUT2D eigenvalue weighted by Gasteiger charge is 2.35. The van der Waals surface area contributed by atoms with Crippen LogP contribution >= 0.6 is 0 Å². The van der Waals surface area contributed by atoms with Crippen LogP contribution in [0.25, 0.3) is 0 Å². The Kier molecular flexibility index (Phi) is 4.20. The highest BCUT2D eigenvalue weighted by molar-refractivity contribution is 5.89. The molecule has 0 amide bonds. The maximum Gasteiger partial charge on any atom is 0.147 e. The van der Waals surface area contributed by atoms with Gasteiger partial charge in [-0.3, -0.25) is 4.79 Å². The van der Waals surface area contributed by atoms with Crippen LogP contribution in [0.15, 0.2) is 23.3 Å². The van der Waals surface area contributed by atoms with Crippen molar-refractivity contribution < 1.29 is 4.79 Å². The number of allylic oxidation sites excluding steroid dienone is 4. The third kappa shape index (κ3) is 2.85. The molecule has 0 aromatic heterocycles. The van der Waals surface area contributed by atoms with Crippen LogP contribution in [0.5, 0.6) is 0 Å². The van der Waals surface area contributed by atoms with Gasteiger partial charge in [-0.15, -0.1) is 0 Å². The van der Waals surface area contributed by atoms with Crippen molar-refractivity contribution in [2.45, 2.75) is 70.6 Å². The van der Waals surface area contributed by atoms with Crippen LogP contribution in [0.2, 0.25) is 0 Å². The molecule has 3 aliphatic carbocycles. The summed E-state index contributed by atoms with van der Waals surface area (Å²) in [6.07, 6.45) is 18.2. The van der Waals surface area contributed by atoms with Crippen molar-refractivity contribution in [3.8, 4) is 0 Å². The Morgan fingerprint density at radius 3 is 1.68 bits per heavy atom. The molecule has 3 aliphatic rings. The fourth-order valence-electron chi connectivity index (χ4n) is 4.15. The second-order valence-electron chi connectivity index (χ2n) is 6.49. The number of rotatable bonds is 2. The van der Waals surface area contributed by atoms with E-state index in [1.165, 1.54) is 68.9 Å². The molecule has 1 fully saturated rings. The van der Waals surface area contributed by atoms with Gasteiger partial charge < -0.3 is 0 Å². The summed E-state index contributed by atoms with van der Waals surface area (Å²) in [7, 11) is 0. The van der Waals surface area contributed by atoms with Crippen LogP contribution in [0.4, 0.5) is 0 Å². The molecule has 3 rings (SSSR count). The van der Waals surface area contributed by atoms with Crippen LogP contribution < -0.4 is 0 Å². The van der Waals surface area contributed by atoms with Crippen molar-refractivity contribution in [3.05, 3.63) is 23.3 Å². The van der Waals surface area contributed by atoms with Gasteiger partial charge in [0.1, 0.15) is 5.78 Å². The Hall–Kier alpha value is -0.850. The molecule has 0 bridgehead atoms. The molecule has 1 nitrogen and oxygen atoms in total. The summed E-state index contributed by atoms with van der Waals surface area (Å²) in [5.74, 6) is 1.12. The topological polar surface area (TPSA) is 17.1 Å². The Balaban J connectivity index is 1.75. The van der Waals surface area contributed by atoms with Crippen LogP contribution in [-0.4, -0.2) is 5.78 Å². The Labute approximate surface area is 117 Å². The molecule has 0 aliphatic heterocycles. The summed E-state index contributed by atoms with van der Waals surface area (Å²) in [6, 6.07) is 0. The number of carbonyl (C=O) groups is 1. The molecule has 0 aromatic carbocycles. The largest absolute Gasteiger partial charge is 0.298 e. The zero-order valence-corrected chi connectivity index (χ0v) is 12.0. The van der Waals surface area contributed by atoms with Crippen molar-refractivity contribution in [1.82, 2.24) is 0 Å². The standard InChI is InChI=1S/C18H26O/c19-18-16(14-8-3-1-4-9-14)12-7-13-17(18)15-10-5-2-6-11-15/h8,10,16-17H,1-7,9,11-13H2/t16-,17+. The molecule has 0 heterocycles. The molecular weight excluding hydrogens is 232 g/mol. The quantitative estimate of drug-likeness (QED) is 0.639. The van der Waals surface area contributed by atoms with Gasteiger partial charge in [-0.2, -0.15) is 0 Å². The van der Waals surface area contributed by atoms with E-state index in [-0.39, 0.29) is 11.8 Å². The fourth-order valence-corrected chi connectivity index (χ4v) is 4.15. The van der Waals surface area contributed by atoms with Gasteiger partial charge >= 0.3 is 0 Å². The van der Waals surface area contributed by atoms with Crippen molar-refractivity contribution >= 4 is 5.78 Å². The highest BCUT2D eigenvalue weighted by atomic mass is 16.1. The minimum Gasteiger partial charge on any atom is -0.298 e. The number of hydrogen-bond acceptors (Lipinski definition) is 1. The average Bonchev–Trinajstić information content (AvgIpc) is 2.49. The third-order valence-corrected chi connectivity index (χ3v) is 5.22. The van der Waals surface area contributed by atoms with Crippen molar-refractivity contribution in [2.24, 2.45) is 11.8 Å². The normalized spacial score (nSPS) is 32.7. The van der Waals surface area contributed by atoms with Gasteiger partial charge in [0.25, 0.3) is 0 Å². The Bertz CT molecular complexity index is 366. The number of Topliss-reactive ketones (excluding diaryl/α,β-unsaturated/α-hetero) is 1.